The van der Waals surface area contributed by atoms with Gasteiger partial charge in [-0.05, 0) is 44.0 Å². The lowest BCUT2D eigenvalue weighted by atomic mass is 9.93. The maximum absolute atomic E-state index is 13.0. The Morgan fingerprint density at radius 3 is 2.55 bits per heavy atom. The van der Waals surface area contributed by atoms with Crippen LogP contribution in [0.1, 0.15) is 24.5 Å². The zero-order valence-electron chi connectivity index (χ0n) is 12.1. The van der Waals surface area contributed by atoms with Gasteiger partial charge in [0.1, 0.15) is 0 Å². The Balaban J connectivity index is 2.22. The van der Waals surface area contributed by atoms with Crippen molar-refractivity contribution in [2.75, 3.05) is 25.0 Å². The molecule has 0 spiro atoms. The standard InChI is InChI=1S/C15H21F3N2/c1-10-4-5-12(8-13(10)15(16,17)18)20-7-6-14(19-3)11(2)9-20/h4-5,8,11,14,19H,6-7,9H2,1-3H3. The normalized spacial score (nSPS) is 24.0. The lowest BCUT2D eigenvalue weighted by Gasteiger charge is -2.38. The molecule has 2 atom stereocenters. The summed E-state index contributed by atoms with van der Waals surface area (Å²) in [5, 5.41) is 3.26. The van der Waals surface area contributed by atoms with Gasteiger partial charge in [0.15, 0.2) is 0 Å². The van der Waals surface area contributed by atoms with E-state index in [0.29, 0.717) is 17.6 Å². The van der Waals surface area contributed by atoms with Crippen LogP contribution in [0.25, 0.3) is 0 Å². The fourth-order valence-electron chi connectivity index (χ4n) is 2.92. The zero-order valence-corrected chi connectivity index (χ0v) is 12.1. The van der Waals surface area contributed by atoms with Gasteiger partial charge in [0, 0.05) is 24.8 Å². The molecule has 1 fully saturated rings. The van der Waals surface area contributed by atoms with E-state index in [1.54, 1.807) is 12.1 Å². The van der Waals surface area contributed by atoms with Crippen LogP contribution in [0.2, 0.25) is 0 Å². The number of halogens is 3. The predicted molar refractivity (Wildman–Crippen MR) is 75.0 cm³/mol. The van der Waals surface area contributed by atoms with Crippen molar-refractivity contribution in [3.63, 3.8) is 0 Å². The second-order valence-electron chi connectivity index (χ2n) is 5.60. The van der Waals surface area contributed by atoms with E-state index in [2.05, 4.69) is 12.2 Å². The van der Waals surface area contributed by atoms with E-state index >= 15 is 0 Å². The first kappa shape index (κ1) is 15.2. The fraction of sp³-hybridized carbons (Fsp3) is 0.600. The molecule has 0 radical (unpaired) electrons. The summed E-state index contributed by atoms with van der Waals surface area (Å²) in [6.45, 7) is 5.21. The second kappa shape index (κ2) is 5.64. The van der Waals surface area contributed by atoms with E-state index in [1.807, 2.05) is 11.9 Å². The van der Waals surface area contributed by atoms with Gasteiger partial charge in [0.2, 0.25) is 0 Å². The van der Waals surface area contributed by atoms with Crippen LogP contribution < -0.4 is 10.2 Å². The minimum atomic E-state index is -4.28. The van der Waals surface area contributed by atoms with Gasteiger partial charge < -0.3 is 10.2 Å². The van der Waals surface area contributed by atoms with Gasteiger partial charge in [0.05, 0.1) is 5.56 Å². The Labute approximate surface area is 118 Å². The highest BCUT2D eigenvalue weighted by Crippen LogP contribution is 2.35. The molecule has 2 nitrogen and oxygen atoms in total. The molecule has 0 aromatic heterocycles. The van der Waals surface area contributed by atoms with Crippen LogP contribution in [0.4, 0.5) is 18.9 Å². The molecular formula is C15H21F3N2. The number of aryl methyl sites for hydroxylation is 1. The Morgan fingerprint density at radius 1 is 1.30 bits per heavy atom. The van der Waals surface area contributed by atoms with E-state index in [9.17, 15) is 13.2 Å². The molecule has 2 rings (SSSR count). The molecule has 1 saturated heterocycles. The van der Waals surface area contributed by atoms with Crippen molar-refractivity contribution in [2.45, 2.75) is 32.5 Å². The number of nitrogens with zero attached hydrogens (tertiary/aromatic N) is 1. The molecule has 20 heavy (non-hydrogen) atoms. The molecule has 1 aromatic rings. The molecule has 5 heteroatoms. The van der Waals surface area contributed by atoms with E-state index in [1.165, 1.54) is 13.0 Å². The number of anilines is 1. The highest BCUT2D eigenvalue weighted by molar-refractivity contribution is 5.52. The SMILES string of the molecule is CNC1CCN(c2ccc(C)c(C(F)(F)F)c2)CC1C. The van der Waals surface area contributed by atoms with Crippen molar-refractivity contribution in [3.05, 3.63) is 29.3 Å². The maximum Gasteiger partial charge on any atom is 0.416 e. The van der Waals surface area contributed by atoms with Gasteiger partial charge >= 0.3 is 6.18 Å². The van der Waals surface area contributed by atoms with Crippen LogP contribution in [0, 0.1) is 12.8 Å². The summed E-state index contributed by atoms with van der Waals surface area (Å²) in [5.41, 5.74) is 0.419. The number of benzene rings is 1. The maximum atomic E-state index is 13.0. The molecule has 1 aliphatic rings. The van der Waals surface area contributed by atoms with Crippen molar-refractivity contribution >= 4 is 5.69 Å². The van der Waals surface area contributed by atoms with Crippen LogP contribution in [0.15, 0.2) is 18.2 Å². The molecule has 1 N–H and O–H groups in total. The van der Waals surface area contributed by atoms with Crippen LogP contribution in [-0.2, 0) is 6.18 Å². The number of rotatable bonds is 2. The summed E-state index contributed by atoms with van der Waals surface area (Å²) in [5.74, 6) is 0.421. The van der Waals surface area contributed by atoms with Crippen molar-refractivity contribution in [2.24, 2.45) is 5.92 Å². The minimum absolute atomic E-state index is 0.277. The molecule has 0 amide bonds. The highest BCUT2D eigenvalue weighted by atomic mass is 19.4. The predicted octanol–water partition coefficient (Wildman–Crippen LogP) is 3.45. The lowest BCUT2D eigenvalue weighted by molar-refractivity contribution is -0.138. The zero-order chi connectivity index (χ0) is 14.9. The molecule has 0 aliphatic carbocycles. The Bertz CT molecular complexity index is 471. The molecule has 0 bridgehead atoms. The Kier molecular flexibility index (Phi) is 4.28. The molecule has 1 aromatic carbocycles. The quantitative estimate of drug-likeness (QED) is 0.896. The van der Waals surface area contributed by atoms with Gasteiger partial charge in [-0.15, -0.1) is 0 Å². The average molecular weight is 286 g/mol. The average Bonchev–Trinajstić information content (AvgIpc) is 2.37. The summed E-state index contributed by atoms with van der Waals surface area (Å²) in [4.78, 5) is 2.05. The first-order chi connectivity index (χ1) is 9.32. The van der Waals surface area contributed by atoms with Gasteiger partial charge in [-0.3, -0.25) is 0 Å². The third kappa shape index (κ3) is 3.08. The van der Waals surface area contributed by atoms with Crippen molar-refractivity contribution in [1.82, 2.24) is 5.32 Å². The Morgan fingerprint density at radius 2 is 2.00 bits per heavy atom. The number of hydrogen-bond acceptors (Lipinski definition) is 2. The summed E-state index contributed by atoms with van der Waals surface area (Å²) in [6, 6.07) is 5.07. The number of piperidine rings is 1. The fourth-order valence-corrected chi connectivity index (χ4v) is 2.92. The van der Waals surface area contributed by atoms with Gasteiger partial charge in [-0.25, -0.2) is 0 Å². The highest BCUT2D eigenvalue weighted by Gasteiger charge is 2.33. The topological polar surface area (TPSA) is 15.3 Å². The van der Waals surface area contributed by atoms with Crippen LogP contribution >= 0.6 is 0 Å². The lowest BCUT2D eigenvalue weighted by Crippen LogP contribution is -2.47. The van der Waals surface area contributed by atoms with Crippen LogP contribution in [0.3, 0.4) is 0 Å². The van der Waals surface area contributed by atoms with E-state index in [4.69, 9.17) is 0 Å². The first-order valence-electron chi connectivity index (χ1n) is 6.93. The first-order valence-corrected chi connectivity index (χ1v) is 6.93. The molecule has 1 aliphatic heterocycles. The minimum Gasteiger partial charge on any atom is -0.371 e. The van der Waals surface area contributed by atoms with E-state index in [0.717, 1.165) is 19.5 Å². The Hall–Kier alpha value is -1.23. The number of nitrogens with one attached hydrogen (secondary N) is 1. The number of hydrogen-bond donors (Lipinski definition) is 1. The molecule has 1 heterocycles. The van der Waals surface area contributed by atoms with Gasteiger partial charge in [0.25, 0.3) is 0 Å². The van der Waals surface area contributed by atoms with Crippen molar-refractivity contribution in [3.8, 4) is 0 Å². The largest absolute Gasteiger partial charge is 0.416 e. The van der Waals surface area contributed by atoms with E-state index < -0.39 is 11.7 Å². The van der Waals surface area contributed by atoms with Crippen LogP contribution in [0.5, 0.6) is 0 Å². The molecule has 112 valence electrons. The van der Waals surface area contributed by atoms with Crippen molar-refractivity contribution < 1.29 is 13.2 Å². The smallest absolute Gasteiger partial charge is 0.371 e. The van der Waals surface area contributed by atoms with E-state index in [-0.39, 0.29) is 5.56 Å². The summed E-state index contributed by atoms with van der Waals surface area (Å²) in [6.07, 6.45) is -3.33. The summed E-state index contributed by atoms with van der Waals surface area (Å²) < 4.78 is 38.9. The molecule has 2 unspecified atom stereocenters. The number of alkyl halides is 3. The molecule has 0 saturated carbocycles. The third-order valence-electron chi connectivity index (χ3n) is 4.17. The van der Waals surface area contributed by atoms with Crippen molar-refractivity contribution in [1.29, 1.82) is 0 Å². The van der Waals surface area contributed by atoms with Gasteiger partial charge in [-0.1, -0.05) is 13.0 Å². The molecular weight excluding hydrogens is 265 g/mol. The summed E-state index contributed by atoms with van der Waals surface area (Å²) >= 11 is 0. The third-order valence-corrected chi connectivity index (χ3v) is 4.17. The summed E-state index contributed by atoms with van der Waals surface area (Å²) in [7, 11) is 1.93. The van der Waals surface area contributed by atoms with Gasteiger partial charge in [-0.2, -0.15) is 13.2 Å². The van der Waals surface area contributed by atoms with Crippen LogP contribution in [-0.4, -0.2) is 26.2 Å². The monoisotopic (exact) mass is 286 g/mol. The second-order valence-corrected chi connectivity index (χ2v) is 5.60.